The SMILES string of the molecule is CC(CC(N)=S)N(C)S(=O)(=O)c1cn[nH]c1. The van der Waals surface area contributed by atoms with Crippen molar-refractivity contribution in [2.75, 3.05) is 7.05 Å². The highest BCUT2D eigenvalue weighted by Crippen LogP contribution is 2.16. The summed E-state index contributed by atoms with van der Waals surface area (Å²) in [6, 6.07) is -0.280. The second-order valence-electron chi connectivity index (χ2n) is 3.47. The Morgan fingerprint density at radius 1 is 1.75 bits per heavy atom. The fourth-order valence-corrected chi connectivity index (χ4v) is 2.71. The van der Waals surface area contributed by atoms with Crippen LogP contribution < -0.4 is 5.73 Å². The van der Waals surface area contributed by atoms with E-state index in [1.54, 1.807) is 6.92 Å². The third kappa shape index (κ3) is 2.77. The molecule has 0 saturated heterocycles. The summed E-state index contributed by atoms with van der Waals surface area (Å²) in [5.41, 5.74) is 5.38. The van der Waals surface area contributed by atoms with Crippen molar-refractivity contribution in [1.29, 1.82) is 0 Å². The Hall–Kier alpha value is -0.990. The number of hydrogen-bond donors (Lipinski definition) is 2. The van der Waals surface area contributed by atoms with Gasteiger partial charge >= 0.3 is 0 Å². The smallest absolute Gasteiger partial charge is 0.246 e. The molecule has 1 atom stereocenters. The predicted octanol–water partition coefficient (Wildman–Crippen LogP) is 0.0949. The van der Waals surface area contributed by atoms with Gasteiger partial charge < -0.3 is 5.73 Å². The summed E-state index contributed by atoms with van der Waals surface area (Å²) in [7, 11) is -2.02. The van der Waals surface area contributed by atoms with Gasteiger partial charge in [0.1, 0.15) is 4.90 Å². The Bertz CT molecular complexity index is 454. The van der Waals surface area contributed by atoms with Gasteiger partial charge in [-0.25, -0.2) is 8.42 Å². The van der Waals surface area contributed by atoms with Gasteiger partial charge in [-0.05, 0) is 6.92 Å². The number of rotatable bonds is 5. The molecule has 90 valence electrons. The van der Waals surface area contributed by atoms with E-state index >= 15 is 0 Å². The van der Waals surface area contributed by atoms with E-state index in [-0.39, 0.29) is 10.9 Å². The average molecular weight is 262 g/mol. The first-order chi connectivity index (χ1) is 7.35. The first-order valence-corrected chi connectivity index (χ1v) is 6.45. The first-order valence-electron chi connectivity index (χ1n) is 4.61. The highest BCUT2D eigenvalue weighted by Gasteiger charge is 2.26. The van der Waals surface area contributed by atoms with Gasteiger partial charge in [0.25, 0.3) is 0 Å². The molecule has 1 unspecified atom stereocenters. The van der Waals surface area contributed by atoms with E-state index in [1.165, 1.54) is 23.7 Å². The molecule has 0 fully saturated rings. The van der Waals surface area contributed by atoms with Crippen molar-refractivity contribution in [3.8, 4) is 0 Å². The van der Waals surface area contributed by atoms with Gasteiger partial charge in [0.15, 0.2) is 0 Å². The molecule has 0 spiro atoms. The summed E-state index contributed by atoms with van der Waals surface area (Å²) in [4.78, 5) is 0.423. The molecule has 0 aliphatic carbocycles. The fourth-order valence-electron chi connectivity index (χ4n) is 1.20. The summed E-state index contributed by atoms with van der Waals surface area (Å²) < 4.78 is 25.2. The predicted molar refractivity (Wildman–Crippen MR) is 64.4 cm³/mol. The summed E-state index contributed by atoms with van der Waals surface area (Å²) >= 11 is 4.75. The van der Waals surface area contributed by atoms with Gasteiger partial charge in [0.05, 0.1) is 11.2 Å². The molecule has 0 bridgehead atoms. The van der Waals surface area contributed by atoms with Crippen LogP contribution in [0.25, 0.3) is 0 Å². The molecule has 8 heteroatoms. The molecule has 1 aromatic heterocycles. The van der Waals surface area contributed by atoms with Crippen molar-refractivity contribution in [3.63, 3.8) is 0 Å². The van der Waals surface area contributed by atoms with Crippen molar-refractivity contribution in [2.45, 2.75) is 24.3 Å². The van der Waals surface area contributed by atoms with Crippen LogP contribution >= 0.6 is 12.2 Å². The normalized spacial score (nSPS) is 13.9. The van der Waals surface area contributed by atoms with E-state index in [2.05, 4.69) is 10.2 Å². The third-order valence-electron chi connectivity index (χ3n) is 2.27. The van der Waals surface area contributed by atoms with E-state index in [1.807, 2.05) is 0 Å². The summed E-state index contributed by atoms with van der Waals surface area (Å²) in [5, 5.41) is 6.07. The third-order valence-corrected chi connectivity index (χ3v) is 4.37. The van der Waals surface area contributed by atoms with Crippen LogP contribution in [0, 0.1) is 0 Å². The van der Waals surface area contributed by atoms with E-state index in [9.17, 15) is 8.42 Å². The number of nitrogens with one attached hydrogen (secondary N) is 1. The lowest BCUT2D eigenvalue weighted by molar-refractivity contribution is 0.397. The molecule has 0 saturated carbocycles. The van der Waals surface area contributed by atoms with Crippen LogP contribution in [0.2, 0.25) is 0 Å². The minimum atomic E-state index is -3.52. The van der Waals surface area contributed by atoms with Crippen LogP contribution in [0.15, 0.2) is 17.3 Å². The molecule has 6 nitrogen and oxygen atoms in total. The van der Waals surface area contributed by atoms with Crippen molar-refractivity contribution in [1.82, 2.24) is 14.5 Å². The van der Waals surface area contributed by atoms with Gasteiger partial charge in [-0.15, -0.1) is 0 Å². The lowest BCUT2D eigenvalue weighted by Gasteiger charge is -2.22. The fraction of sp³-hybridized carbons (Fsp3) is 0.500. The zero-order valence-electron chi connectivity index (χ0n) is 9.04. The molecular weight excluding hydrogens is 248 g/mol. The minimum Gasteiger partial charge on any atom is -0.393 e. The highest BCUT2D eigenvalue weighted by atomic mass is 32.2. The number of nitrogens with two attached hydrogens (primary N) is 1. The van der Waals surface area contributed by atoms with Gasteiger partial charge in [-0.3, -0.25) is 5.10 Å². The molecule has 16 heavy (non-hydrogen) atoms. The zero-order chi connectivity index (χ0) is 12.3. The Morgan fingerprint density at radius 3 is 2.81 bits per heavy atom. The molecule has 1 aromatic rings. The lowest BCUT2D eigenvalue weighted by atomic mass is 10.2. The van der Waals surface area contributed by atoms with Crippen LogP contribution in [0.3, 0.4) is 0 Å². The largest absolute Gasteiger partial charge is 0.393 e. The Labute approximate surface area is 99.9 Å². The molecule has 0 aromatic carbocycles. The molecule has 0 aliphatic heterocycles. The van der Waals surface area contributed by atoms with Crippen molar-refractivity contribution in [2.24, 2.45) is 5.73 Å². The average Bonchev–Trinajstić information content (AvgIpc) is 2.68. The summed E-state index contributed by atoms with van der Waals surface area (Å²) in [5.74, 6) is 0. The summed E-state index contributed by atoms with van der Waals surface area (Å²) in [6.07, 6.45) is 2.95. The van der Waals surface area contributed by atoms with Gasteiger partial charge in [-0.1, -0.05) is 12.2 Å². The Kier molecular flexibility index (Phi) is 4.00. The molecule has 1 heterocycles. The quantitative estimate of drug-likeness (QED) is 0.734. The number of nitrogens with zero attached hydrogens (tertiary/aromatic N) is 2. The Balaban J connectivity index is 2.89. The maximum atomic E-state index is 12.0. The van der Waals surface area contributed by atoms with Gasteiger partial charge in [0, 0.05) is 25.7 Å². The molecule has 0 aliphatic rings. The molecule has 1 rings (SSSR count). The molecule has 0 radical (unpaired) electrons. The van der Waals surface area contributed by atoms with Gasteiger partial charge in [0.2, 0.25) is 10.0 Å². The maximum Gasteiger partial charge on any atom is 0.246 e. The standard InChI is InChI=1S/C8H14N4O2S2/c1-6(3-8(9)15)12(2)16(13,14)7-4-10-11-5-7/h4-6H,3H2,1-2H3,(H2,9,15)(H,10,11). The second-order valence-corrected chi connectivity index (χ2v) is 6.00. The number of sulfonamides is 1. The van der Waals surface area contributed by atoms with E-state index in [0.29, 0.717) is 11.4 Å². The molecule has 0 amide bonds. The van der Waals surface area contributed by atoms with Crippen LogP contribution in [-0.4, -0.2) is 41.0 Å². The van der Waals surface area contributed by atoms with Crippen LogP contribution in [-0.2, 0) is 10.0 Å². The first kappa shape index (κ1) is 13.1. The number of aromatic nitrogens is 2. The van der Waals surface area contributed by atoms with E-state index < -0.39 is 10.0 Å². The van der Waals surface area contributed by atoms with Crippen LogP contribution in [0.1, 0.15) is 13.3 Å². The number of aromatic amines is 1. The zero-order valence-corrected chi connectivity index (χ0v) is 10.7. The molecular formula is C8H14N4O2S2. The van der Waals surface area contributed by atoms with Gasteiger partial charge in [-0.2, -0.15) is 9.40 Å². The minimum absolute atomic E-state index is 0.129. The van der Waals surface area contributed by atoms with E-state index in [4.69, 9.17) is 18.0 Å². The number of thiocarbonyl (C=S) groups is 1. The van der Waals surface area contributed by atoms with Crippen molar-refractivity contribution < 1.29 is 8.42 Å². The number of hydrogen-bond acceptors (Lipinski definition) is 4. The van der Waals surface area contributed by atoms with E-state index in [0.717, 1.165) is 0 Å². The van der Waals surface area contributed by atoms with Crippen molar-refractivity contribution in [3.05, 3.63) is 12.4 Å². The maximum absolute atomic E-state index is 12.0. The topological polar surface area (TPSA) is 92.1 Å². The highest BCUT2D eigenvalue weighted by molar-refractivity contribution is 7.89. The Morgan fingerprint density at radius 2 is 2.38 bits per heavy atom. The lowest BCUT2D eigenvalue weighted by Crippen LogP contribution is -2.37. The van der Waals surface area contributed by atoms with Crippen molar-refractivity contribution >= 4 is 27.2 Å². The monoisotopic (exact) mass is 262 g/mol. The number of H-pyrrole nitrogens is 1. The van der Waals surface area contributed by atoms with Crippen LogP contribution in [0.5, 0.6) is 0 Å². The second kappa shape index (κ2) is 4.89. The molecule has 3 N–H and O–H groups in total. The summed E-state index contributed by atoms with van der Waals surface area (Å²) in [6.45, 7) is 1.75. The van der Waals surface area contributed by atoms with Crippen LogP contribution in [0.4, 0.5) is 0 Å².